The van der Waals surface area contributed by atoms with Gasteiger partial charge in [-0.05, 0) is 49.7 Å². The summed E-state index contributed by atoms with van der Waals surface area (Å²) < 4.78 is 32.2. The van der Waals surface area contributed by atoms with Crippen molar-refractivity contribution in [1.82, 2.24) is 4.31 Å². The molecule has 1 saturated carbocycles. The molecule has 0 spiro atoms. The lowest BCUT2D eigenvalue weighted by atomic mass is 9.88. The van der Waals surface area contributed by atoms with Gasteiger partial charge >= 0.3 is 5.97 Å². The van der Waals surface area contributed by atoms with Crippen LogP contribution in [0.2, 0.25) is 0 Å². The molecule has 1 aliphatic carbocycles. The molecule has 2 unspecified atom stereocenters. The SMILES string of the molecule is CC1CCCC(OC(=O)C2CCN(S(=O)(=O)/C=C/c3ccccc3)CC2)C1. The van der Waals surface area contributed by atoms with Crippen LogP contribution in [0.3, 0.4) is 0 Å². The number of carbonyl (C=O) groups is 1. The van der Waals surface area contributed by atoms with Gasteiger partial charge in [-0.3, -0.25) is 4.79 Å². The molecule has 0 aromatic heterocycles. The van der Waals surface area contributed by atoms with Crippen molar-refractivity contribution in [3.63, 3.8) is 0 Å². The molecule has 1 aromatic carbocycles. The van der Waals surface area contributed by atoms with Gasteiger partial charge in [-0.1, -0.05) is 43.7 Å². The summed E-state index contributed by atoms with van der Waals surface area (Å²) in [5, 5.41) is 1.25. The molecular formula is C21H29NO4S. The molecule has 0 radical (unpaired) electrons. The van der Waals surface area contributed by atoms with Crippen molar-refractivity contribution in [2.24, 2.45) is 11.8 Å². The first-order valence-electron chi connectivity index (χ1n) is 9.88. The second-order valence-electron chi connectivity index (χ2n) is 7.76. The first kappa shape index (κ1) is 20.1. The summed E-state index contributed by atoms with van der Waals surface area (Å²) in [6.45, 7) is 2.93. The molecule has 2 atom stereocenters. The number of rotatable bonds is 5. The Morgan fingerprint density at radius 3 is 2.48 bits per heavy atom. The quantitative estimate of drug-likeness (QED) is 0.716. The Kier molecular flexibility index (Phi) is 6.71. The van der Waals surface area contributed by atoms with E-state index in [1.165, 1.54) is 16.1 Å². The summed E-state index contributed by atoms with van der Waals surface area (Å²) in [4.78, 5) is 12.4. The maximum atomic E-state index is 12.5. The lowest BCUT2D eigenvalue weighted by molar-refractivity contribution is -0.157. The Morgan fingerprint density at radius 1 is 1.11 bits per heavy atom. The van der Waals surface area contributed by atoms with E-state index in [1.54, 1.807) is 6.08 Å². The van der Waals surface area contributed by atoms with Crippen LogP contribution in [-0.4, -0.2) is 37.9 Å². The fourth-order valence-electron chi connectivity index (χ4n) is 3.91. The fourth-order valence-corrected chi connectivity index (χ4v) is 5.13. The van der Waals surface area contributed by atoms with E-state index in [2.05, 4.69) is 6.92 Å². The molecule has 0 bridgehead atoms. The third-order valence-electron chi connectivity index (χ3n) is 5.55. The van der Waals surface area contributed by atoms with E-state index in [0.717, 1.165) is 24.8 Å². The van der Waals surface area contributed by atoms with Crippen LogP contribution in [0, 0.1) is 11.8 Å². The van der Waals surface area contributed by atoms with E-state index < -0.39 is 10.0 Å². The highest BCUT2D eigenvalue weighted by atomic mass is 32.2. The van der Waals surface area contributed by atoms with Crippen LogP contribution < -0.4 is 0 Å². The van der Waals surface area contributed by atoms with Gasteiger partial charge in [0.2, 0.25) is 10.0 Å². The van der Waals surface area contributed by atoms with Gasteiger partial charge in [0.15, 0.2) is 0 Å². The van der Waals surface area contributed by atoms with Crippen LogP contribution >= 0.6 is 0 Å². The zero-order valence-corrected chi connectivity index (χ0v) is 16.7. The van der Waals surface area contributed by atoms with Gasteiger partial charge in [-0.15, -0.1) is 0 Å². The third kappa shape index (κ3) is 5.66. The first-order chi connectivity index (χ1) is 12.9. The molecule has 1 aromatic rings. The van der Waals surface area contributed by atoms with Crippen molar-refractivity contribution < 1.29 is 17.9 Å². The second-order valence-corrected chi connectivity index (χ2v) is 9.58. The number of hydrogen-bond donors (Lipinski definition) is 0. The van der Waals surface area contributed by atoms with E-state index >= 15 is 0 Å². The molecule has 3 rings (SSSR count). The largest absolute Gasteiger partial charge is 0.462 e. The van der Waals surface area contributed by atoms with E-state index in [1.807, 2.05) is 30.3 Å². The van der Waals surface area contributed by atoms with E-state index in [4.69, 9.17) is 4.74 Å². The van der Waals surface area contributed by atoms with Gasteiger partial charge in [0.1, 0.15) is 6.10 Å². The van der Waals surface area contributed by atoms with Crippen LogP contribution in [0.5, 0.6) is 0 Å². The minimum Gasteiger partial charge on any atom is -0.462 e. The summed E-state index contributed by atoms with van der Waals surface area (Å²) in [7, 11) is -3.46. The summed E-state index contributed by atoms with van der Waals surface area (Å²) in [6, 6.07) is 9.36. The van der Waals surface area contributed by atoms with Crippen LogP contribution in [0.1, 0.15) is 51.0 Å². The van der Waals surface area contributed by atoms with Crippen LogP contribution in [-0.2, 0) is 19.6 Å². The zero-order valence-electron chi connectivity index (χ0n) is 15.9. The molecule has 148 valence electrons. The van der Waals surface area contributed by atoms with E-state index in [-0.39, 0.29) is 18.0 Å². The van der Waals surface area contributed by atoms with Crippen molar-refractivity contribution in [2.45, 2.75) is 51.6 Å². The molecule has 1 heterocycles. The van der Waals surface area contributed by atoms with Crippen LogP contribution in [0.4, 0.5) is 0 Å². The van der Waals surface area contributed by atoms with Gasteiger partial charge in [0.05, 0.1) is 5.92 Å². The van der Waals surface area contributed by atoms with Crippen LogP contribution in [0.25, 0.3) is 6.08 Å². The lowest BCUT2D eigenvalue weighted by Gasteiger charge is -2.32. The smallest absolute Gasteiger partial charge is 0.309 e. The highest BCUT2D eigenvalue weighted by Gasteiger charge is 2.32. The molecule has 5 nitrogen and oxygen atoms in total. The second kappa shape index (κ2) is 9.02. The van der Waals surface area contributed by atoms with Gasteiger partial charge in [-0.25, -0.2) is 8.42 Å². The number of sulfonamides is 1. The summed E-state index contributed by atoms with van der Waals surface area (Å²) in [6.07, 6.45) is 6.93. The lowest BCUT2D eigenvalue weighted by Crippen LogP contribution is -2.40. The van der Waals surface area contributed by atoms with Gasteiger partial charge < -0.3 is 4.74 Å². The summed E-state index contributed by atoms with van der Waals surface area (Å²) in [5.74, 6) is 0.276. The van der Waals surface area contributed by atoms with E-state index in [9.17, 15) is 13.2 Å². The first-order valence-corrected chi connectivity index (χ1v) is 11.4. The maximum absolute atomic E-state index is 12.5. The topological polar surface area (TPSA) is 63.7 Å². The number of piperidine rings is 1. The van der Waals surface area contributed by atoms with Crippen molar-refractivity contribution in [3.8, 4) is 0 Å². The Bertz CT molecular complexity index is 752. The molecule has 27 heavy (non-hydrogen) atoms. The fraction of sp³-hybridized carbons (Fsp3) is 0.571. The molecule has 2 aliphatic rings. The van der Waals surface area contributed by atoms with E-state index in [0.29, 0.717) is 31.8 Å². The van der Waals surface area contributed by atoms with Crippen LogP contribution in [0.15, 0.2) is 35.7 Å². The predicted octanol–water partition coefficient (Wildman–Crippen LogP) is 3.82. The number of ether oxygens (including phenoxy) is 1. The molecule has 0 amide bonds. The number of carbonyl (C=O) groups excluding carboxylic acids is 1. The average Bonchev–Trinajstić information content (AvgIpc) is 2.67. The highest BCUT2D eigenvalue weighted by molar-refractivity contribution is 7.92. The predicted molar refractivity (Wildman–Crippen MR) is 106 cm³/mol. The average molecular weight is 392 g/mol. The number of hydrogen-bond acceptors (Lipinski definition) is 4. The number of benzene rings is 1. The number of nitrogens with zero attached hydrogens (tertiary/aromatic N) is 1. The summed E-state index contributed by atoms with van der Waals surface area (Å²) >= 11 is 0. The van der Waals surface area contributed by atoms with Gasteiger partial charge in [0, 0.05) is 18.5 Å². The summed E-state index contributed by atoms with van der Waals surface area (Å²) in [5.41, 5.74) is 0.848. The molecule has 1 aliphatic heterocycles. The molecule has 6 heteroatoms. The Hall–Kier alpha value is -1.66. The number of esters is 1. The van der Waals surface area contributed by atoms with Gasteiger partial charge in [-0.2, -0.15) is 4.31 Å². The van der Waals surface area contributed by atoms with Crippen molar-refractivity contribution in [1.29, 1.82) is 0 Å². The Morgan fingerprint density at radius 2 is 1.81 bits per heavy atom. The van der Waals surface area contributed by atoms with Crippen molar-refractivity contribution in [2.75, 3.05) is 13.1 Å². The maximum Gasteiger partial charge on any atom is 0.309 e. The monoisotopic (exact) mass is 391 g/mol. The minimum absolute atomic E-state index is 0.0387. The molecule has 2 fully saturated rings. The highest BCUT2D eigenvalue weighted by Crippen LogP contribution is 2.28. The van der Waals surface area contributed by atoms with Gasteiger partial charge in [0.25, 0.3) is 0 Å². The Balaban J connectivity index is 1.50. The molecule has 1 saturated heterocycles. The molecule has 0 N–H and O–H groups in total. The third-order valence-corrected chi connectivity index (χ3v) is 7.12. The minimum atomic E-state index is -3.46. The standard InChI is InChI=1S/C21H29NO4S/c1-17-6-5-9-20(16-17)26-21(23)19-10-13-22(14-11-19)27(24,25)15-12-18-7-3-2-4-8-18/h2-4,7-8,12,15,17,19-20H,5-6,9-11,13-14,16H2,1H3/b15-12+. The normalized spacial score (nSPS) is 25.5. The molecular weight excluding hydrogens is 362 g/mol. The zero-order chi connectivity index (χ0) is 19.3. The van der Waals surface area contributed by atoms with Crippen molar-refractivity contribution >= 4 is 22.1 Å². The van der Waals surface area contributed by atoms with Crippen molar-refractivity contribution in [3.05, 3.63) is 41.3 Å². The Labute approximate surface area is 162 Å².